The third-order valence-electron chi connectivity index (χ3n) is 5.25. The highest BCUT2D eigenvalue weighted by atomic mass is 16.5. The molecule has 7 nitrogen and oxygen atoms in total. The Bertz CT molecular complexity index is 1250. The summed E-state index contributed by atoms with van der Waals surface area (Å²) in [6.45, 7) is 5.89. The lowest BCUT2D eigenvalue weighted by Crippen LogP contribution is -2.15. The molecule has 0 saturated heterocycles. The van der Waals surface area contributed by atoms with Crippen LogP contribution in [-0.4, -0.2) is 25.4 Å². The molecule has 1 aliphatic carbocycles. The van der Waals surface area contributed by atoms with Gasteiger partial charge in [0.15, 0.2) is 0 Å². The summed E-state index contributed by atoms with van der Waals surface area (Å²) >= 11 is 0. The third kappa shape index (κ3) is 3.10. The van der Waals surface area contributed by atoms with Gasteiger partial charge in [-0.15, -0.1) is 0 Å². The van der Waals surface area contributed by atoms with E-state index in [1.807, 2.05) is 49.5 Å². The number of pyridine rings is 1. The number of fused-ring (bicyclic) bond motifs is 1. The monoisotopic (exact) mass is 385 g/mol. The fourth-order valence-corrected chi connectivity index (χ4v) is 3.51. The Balaban J connectivity index is 1.41. The van der Waals surface area contributed by atoms with Crippen molar-refractivity contribution in [2.75, 3.05) is 5.32 Å². The predicted molar refractivity (Wildman–Crippen MR) is 109 cm³/mol. The summed E-state index contributed by atoms with van der Waals surface area (Å²) in [6, 6.07) is 11.3. The Kier molecular flexibility index (Phi) is 4.01. The summed E-state index contributed by atoms with van der Waals surface area (Å²) < 4.78 is 7.18. The summed E-state index contributed by atoms with van der Waals surface area (Å²) in [5.41, 5.74) is 4.83. The van der Waals surface area contributed by atoms with Crippen LogP contribution in [0.4, 0.5) is 5.69 Å². The number of aromatic nitrogens is 4. The molecule has 1 fully saturated rings. The molecule has 0 unspecified atom stereocenters. The van der Waals surface area contributed by atoms with Gasteiger partial charge in [-0.2, -0.15) is 4.98 Å². The van der Waals surface area contributed by atoms with E-state index >= 15 is 0 Å². The van der Waals surface area contributed by atoms with E-state index in [1.165, 1.54) is 5.57 Å². The Morgan fingerprint density at radius 2 is 2.14 bits per heavy atom. The Morgan fingerprint density at radius 1 is 1.28 bits per heavy atom. The van der Waals surface area contributed by atoms with E-state index < -0.39 is 0 Å². The molecule has 3 aromatic heterocycles. The molecule has 1 aliphatic rings. The molecule has 4 aromatic rings. The van der Waals surface area contributed by atoms with Crippen LogP contribution >= 0.6 is 0 Å². The second-order valence-electron chi connectivity index (χ2n) is 7.37. The molecule has 1 N–H and O–H groups in total. The first kappa shape index (κ1) is 17.4. The van der Waals surface area contributed by atoms with Gasteiger partial charge in [-0.3, -0.25) is 9.20 Å². The SMILES string of the molecule is C=C1CC(c2nc(-c3ccc(C)c(NC(=O)c4cnc5ccccn45)c3)no2)C1. The third-order valence-corrected chi connectivity index (χ3v) is 5.25. The fourth-order valence-electron chi connectivity index (χ4n) is 3.51. The summed E-state index contributed by atoms with van der Waals surface area (Å²) in [5, 5.41) is 7.09. The molecular formula is C22H19N5O2. The molecule has 0 aliphatic heterocycles. The minimum absolute atomic E-state index is 0.231. The van der Waals surface area contributed by atoms with E-state index in [4.69, 9.17) is 4.52 Å². The summed E-state index contributed by atoms with van der Waals surface area (Å²) in [4.78, 5) is 21.6. The van der Waals surface area contributed by atoms with Gasteiger partial charge >= 0.3 is 0 Å². The number of carbonyl (C=O) groups excluding carboxylic acids is 1. The first-order chi connectivity index (χ1) is 14.1. The number of hydrogen-bond donors (Lipinski definition) is 1. The number of imidazole rings is 1. The van der Waals surface area contributed by atoms with Crippen molar-refractivity contribution < 1.29 is 9.32 Å². The largest absolute Gasteiger partial charge is 0.339 e. The molecule has 1 amide bonds. The molecule has 7 heteroatoms. The van der Waals surface area contributed by atoms with Crippen LogP contribution in [-0.2, 0) is 0 Å². The van der Waals surface area contributed by atoms with E-state index in [0.29, 0.717) is 23.1 Å². The van der Waals surface area contributed by atoms with Crippen LogP contribution in [0.2, 0.25) is 0 Å². The number of nitrogens with zero attached hydrogens (tertiary/aromatic N) is 4. The zero-order valence-corrected chi connectivity index (χ0v) is 15.9. The highest BCUT2D eigenvalue weighted by Crippen LogP contribution is 2.39. The molecular weight excluding hydrogens is 366 g/mol. The Hall–Kier alpha value is -3.74. The summed E-state index contributed by atoms with van der Waals surface area (Å²) in [7, 11) is 0. The lowest BCUT2D eigenvalue weighted by Gasteiger charge is -2.24. The van der Waals surface area contributed by atoms with Crippen LogP contribution in [0.15, 0.2) is 65.5 Å². The normalized spacial score (nSPS) is 14.2. The number of amides is 1. The average molecular weight is 385 g/mol. The zero-order chi connectivity index (χ0) is 20.0. The standard InChI is InChI=1S/C22H19N5O2/c1-13-9-16(10-13)22-25-20(26-29-22)15-7-6-14(2)17(11-15)24-21(28)18-12-23-19-5-3-4-8-27(18)19/h3-8,11-12,16H,1,9-10H2,2H3,(H,24,28). The number of anilines is 1. The summed E-state index contributed by atoms with van der Waals surface area (Å²) in [6.07, 6.45) is 5.19. The van der Waals surface area contributed by atoms with E-state index in [-0.39, 0.29) is 11.8 Å². The van der Waals surface area contributed by atoms with E-state index in [1.54, 1.807) is 10.6 Å². The van der Waals surface area contributed by atoms with Crippen molar-refractivity contribution in [3.05, 3.63) is 78.1 Å². The van der Waals surface area contributed by atoms with Crippen molar-refractivity contribution in [1.82, 2.24) is 19.5 Å². The topological polar surface area (TPSA) is 85.3 Å². The molecule has 0 bridgehead atoms. The molecule has 0 atom stereocenters. The van der Waals surface area contributed by atoms with Crippen molar-refractivity contribution in [2.45, 2.75) is 25.7 Å². The number of carbonyl (C=O) groups is 1. The summed E-state index contributed by atoms with van der Waals surface area (Å²) in [5.74, 6) is 1.20. The van der Waals surface area contributed by atoms with Crippen LogP contribution in [0, 0.1) is 6.92 Å². The smallest absolute Gasteiger partial charge is 0.274 e. The highest BCUT2D eigenvalue weighted by molar-refractivity contribution is 6.04. The van der Waals surface area contributed by atoms with Gasteiger partial charge < -0.3 is 9.84 Å². The minimum Gasteiger partial charge on any atom is -0.339 e. The van der Waals surface area contributed by atoms with Gasteiger partial charge in [0.2, 0.25) is 11.7 Å². The van der Waals surface area contributed by atoms with Gasteiger partial charge in [0.05, 0.1) is 6.20 Å². The van der Waals surface area contributed by atoms with Gasteiger partial charge in [-0.25, -0.2) is 4.98 Å². The van der Waals surface area contributed by atoms with Crippen LogP contribution in [0.3, 0.4) is 0 Å². The second kappa shape index (κ2) is 6.70. The quantitative estimate of drug-likeness (QED) is 0.527. The van der Waals surface area contributed by atoms with Crippen molar-refractivity contribution in [1.29, 1.82) is 0 Å². The number of nitrogens with one attached hydrogen (secondary N) is 1. The van der Waals surface area contributed by atoms with Crippen LogP contribution in [0.25, 0.3) is 17.0 Å². The first-order valence-corrected chi connectivity index (χ1v) is 9.43. The Labute approximate surface area is 167 Å². The van der Waals surface area contributed by atoms with Crippen molar-refractivity contribution in [3.8, 4) is 11.4 Å². The number of benzene rings is 1. The lowest BCUT2D eigenvalue weighted by atomic mass is 9.81. The molecule has 0 spiro atoms. The van der Waals surface area contributed by atoms with E-state index in [9.17, 15) is 4.79 Å². The number of allylic oxidation sites excluding steroid dienone is 1. The Morgan fingerprint density at radius 3 is 2.97 bits per heavy atom. The van der Waals surface area contributed by atoms with Gasteiger partial charge in [-0.05, 0) is 43.5 Å². The van der Waals surface area contributed by atoms with E-state index in [0.717, 1.165) is 29.6 Å². The van der Waals surface area contributed by atoms with Gasteiger partial charge in [0.25, 0.3) is 5.91 Å². The average Bonchev–Trinajstić information content (AvgIpc) is 3.34. The van der Waals surface area contributed by atoms with Crippen LogP contribution < -0.4 is 5.32 Å². The maximum absolute atomic E-state index is 12.8. The number of rotatable bonds is 4. The zero-order valence-electron chi connectivity index (χ0n) is 15.9. The maximum Gasteiger partial charge on any atom is 0.274 e. The van der Waals surface area contributed by atoms with Gasteiger partial charge in [0, 0.05) is 23.4 Å². The molecule has 144 valence electrons. The van der Waals surface area contributed by atoms with E-state index in [2.05, 4.69) is 27.0 Å². The fraction of sp³-hybridized carbons (Fsp3) is 0.182. The number of aryl methyl sites for hydroxylation is 1. The van der Waals surface area contributed by atoms with Crippen molar-refractivity contribution in [2.24, 2.45) is 0 Å². The molecule has 29 heavy (non-hydrogen) atoms. The van der Waals surface area contributed by atoms with Crippen molar-refractivity contribution in [3.63, 3.8) is 0 Å². The lowest BCUT2D eigenvalue weighted by molar-refractivity contribution is 0.102. The van der Waals surface area contributed by atoms with Gasteiger partial charge in [-0.1, -0.05) is 35.5 Å². The molecule has 3 heterocycles. The van der Waals surface area contributed by atoms with Crippen LogP contribution in [0.1, 0.15) is 40.7 Å². The molecule has 5 rings (SSSR count). The highest BCUT2D eigenvalue weighted by Gasteiger charge is 2.28. The molecule has 1 aromatic carbocycles. The predicted octanol–water partition coefficient (Wildman–Crippen LogP) is 4.38. The van der Waals surface area contributed by atoms with Crippen molar-refractivity contribution >= 4 is 17.2 Å². The number of hydrogen-bond acceptors (Lipinski definition) is 5. The van der Waals surface area contributed by atoms with Gasteiger partial charge in [0.1, 0.15) is 11.3 Å². The minimum atomic E-state index is -0.231. The second-order valence-corrected chi connectivity index (χ2v) is 7.37. The molecule has 1 saturated carbocycles. The van der Waals surface area contributed by atoms with Crippen LogP contribution in [0.5, 0.6) is 0 Å². The molecule has 0 radical (unpaired) electrons. The first-order valence-electron chi connectivity index (χ1n) is 9.43. The maximum atomic E-state index is 12.8.